The minimum Gasteiger partial charge on any atom is -0.449 e. The molecule has 1 amide bonds. The zero-order chi connectivity index (χ0) is 20.2. The van der Waals surface area contributed by atoms with Crippen molar-refractivity contribution < 1.29 is 27.1 Å². The number of carbonyl (C=O) groups is 2. The van der Waals surface area contributed by atoms with E-state index in [1.807, 2.05) is 0 Å². The molecule has 7 nitrogen and oxygen atoms in total. The maximum absolute atomic E-state index is 13.0. The first-order chi connectivity index (χ1) is 12.6. The van der Waals surface area contributed by atoms with Gasteiger partial charge in [-0.15, -0.1) is 0 Å². The van der Waals surface area contributed by atoms with Gasteiger partial charge in [0.25, 0.3) is 15.9 Å². The molecule has 0 unspecified atom stereocenters. The van der Waals surface area contributed by atoms with Gasteiger partial charge in [0.15, 0.2) is 6.10 Å². The lowest BCUT2D eigenvalue weighted by Crippen LogP contribution is -2.33. The second kappa shape index (κ2) is 8.17. The number of nitrogens with one attached hydrogen (secondary N) is 2. The first-order valence-electron chi connectivity index (χ1n) is 7.95. The molecule has 0 aromatic heterocycles. The van der Waals surface area contributed by atoms with Gasteiger partial charge in [-0.3, -0.25) is 9.52 Å². The molecule has 0 radical (unpaired) electrons. The van der Waals surface area contributed by atoms with Crippen LogP contribution in [0, 0.1) is 12.7 Å². The number of halogens is 1. The van der Waals surface area contributed by atoms with Crippen LogP contribution in [0.4, 0.5) is 10.1 Å². The number of anilines is 1. The molecule has 9 heteroatoms. The summed E-state index contributed by atoms with van der Waals surface area (Å²) in [6.45, 7) is 3.02. The molecular formula is C18H19FN2O5S. The van der Waals surface area contributed by atoms with E-state index < -0.39 is 33.8 Å². The molecule has 0 saturated heterocycles. The van der Waals surface area contributed by atoms with Crippen LogP contribution in [0.15, 0.2) is 47.4 Å². The average molecular weight is 394 g/mol. The molecule has 0 aliphatic rings. The molecule has 0 bridgehead atoms. The normalized spacial score (nSPS) is 12.1. The van der Waals surface area contributed by atoms with E-state index in [9.17, 15) is 22.4 Å². The maximum Gasteiger partial charge on any atom is 0.339 e. The fourth-order valence-electron chi connectivity index (χ4n) is 2.20. The lowest BCUT2D eigenvalue weighted by atomic mass is 10.1. The number of amides is 1. The number of ether oxygens (including phenoxy) is 1. The first kappa shape index (κ1) is 20.4. The second-order valence-corrected chi connectivity index (χ2v) is 7.43. The minimum atomic E-state index is -4.01. The van der Waals surface area contributed by atoms with Crippen LogP contribution in [0.3, 0.4) is 0 Å². The minimum absolute atomic E-state index is 0.0211. The predicted octanol–water partition coefficient (Wildman–Crippen LogP) is 2.23. The molecule has 0 fully saturated rings. The summed E-state index contributed by atoms with van der Waals surface area (Å²) in [5.41, 5.74) is 0.687. The fraction of sp³-hybridized carbons (Fsp3) is 0.222. The van der Waals surface area contributed by atoms with Crippen LogP contribution in [-0.4, -0.2) is 33.4 Å². The highest BCUT2D eigenvalue weighted by Gasteiger charge is 2.22. The van der Waals surface area contributed by atoms with E-state index in [1.165, 1.54) is 44.3 Å². The Labute approximate surface area is 156 Å². The van der Waals surface area contributed by atoms with E-state index in [2.05, 4.69) is 10.0 Å². The summed E-state index contributed by atoms with van der Waals surface area (Å²) < 4.78 is 45.4. The van der Waals surface area contributed by atoms with Crippen molar-refractivity contribution in [2.45, 2.75) is 24.8 Å². The Hall–Kier alpha value is -2.94. The summed E-state index contributed by atoms with van der Waals surface area (Å²) in [6.07, 6.45) is -1.03. The molecule has 2 aromatic rings. The summed E-state index contributed by atoms with van der Waals surface area (Å²) in [5.74, 6) is -1.80. The van der Waals surface area contributed by atoms with Gasteiger partial charge < -0.3 is 10.1 Å². The van der Waals surface area contributed by atoms with Gasteiger partial charge in [-0.1, -0.05) is 6.07 Å². The Morgan fingerprint density at radius 1 is 1.11 bits per heavy atom. The van der Waals surface area contributed by atoms with E-state index in [-0.39, 0.29) is 16.1 Å². The first-order valence-corrected chi connectivity index (χ1v) is 9.44. The number of benzene rings is 2. The molecule has 0 saturated carbocycles. The average Bonchev–Trinajstić information content (AvgIpc) is 2.62. The SMILES string of the molecule is CNC(=O)[C@@H](C)OC(=O)c1cc(S(=O)(=O)Nc2ccc(F)cc2)ccc1C. The number of sulfonamides is 1. The van der Waals surface area contributed by atoms with Crippen LogP contribution < -0.4 is 10.0 Å². The highest BCUT2D eigenvalue weighted by atomic mass is 32.2. The largest absolute Gasteiger partial charge is 0.449 e. The van der Waals surface area contributed by atoms with Gasteiger partial charge in [0.2, 0.25) is 0 Å². The van der Waals surface area contributed by atoms with Crippen LogP contribution in [-0.2, 0) is 19.6 Å². The molecule has 2 N–H and O–H groups in total. The van der Waals surface area contributed by atoms with Gasteiger partial charge in [0.1, 0.15) is 5.82 Å². The number of rotatable bonds is 6. The van der Waals surface area contributed by atoms with Crippen LogP contribution in [0.25, 0.3) is 0 Å². The highest BCUT2D eigenvalue weighted by molar-refractivity contribution is 7.92. The third-order valence-corrected chi connectivity index (χ3v) is 5.11. The lowest BCUT2D eigenvalue weighted by molar-refractivity contribution is -0.128. The predicted molar refractivity (Wildman–Crippen MR) is 97.3 cm³/mol. The molecule has 2 rings (SSSR count). The van der Waals surface area contributed by atoms with Gasteiger partial charge in [0.05, 0.1) is 10.5 Å². The Balaban J connectivity index is 2.28. The third-order valence-electron chi connectivity index (χ3n) is 3.74. The molecule has 144 valence electrons. The summed E-state index contributed by atoms with van der Waals surface area (Å²) in [7, 11) is -2.60. The van der Waals surface area contributed by atoms with E-state index in [0.717, 1.165) is 12.1 Å². The summed E-state index contributed by atoms with van der Waals surface area (Å²) in [6, 6.07) is 8.76. The number of likely N-dealkylation sites (N-methyl/N-ethyl adjacent to an activating group) is 1. The van der Waals surface area contributed by atoms with Gasteiger partial charge in [0, 0.05) is 12.7 Å². The van der Waals surface area contributed by atoms with Crippen molar-refractivity contribution in [2.75, 3.05) is 11.8 Å². The Morgan fingerprint density at radius 3 is 2.33 bits per heavy atom. The Kier molecular flexibility index (Phi) is 6.17. The van der Waals surface area contributed by atoms with E-state index in [4.69, 9.17) is 4.74 Å². The molecule has 1 atom stereocenters. The summed E-state index contributed by atoms with van der Waals surface area (Å²) in [4.78, 5) is 23.6. The van der Waals surface area contributed by atoms with Crippen LogP contribution >= 0.6 is 0 Å². The zero-order valence-corrected chi connectivity index (χ0v) is 15.8. The van der Waals surface area contributed by atoms with Crippen molar-refractivity contribution in [1.82, 2.24) is 5.32 Å². The molecule has 27 heavy (non-hydrogen) atoms. The Bertz CT molecular complexity index is 958. The van der Waals surface area contributed by atoms with Crippen molar-refractivity contribution >= 4 is 27.6 Å². The van der Waals surface area contributed by atoms with E-state index in [0.29, 0.717) is 5.56 Å². The number of hydrogen-bond donors (Lipinski definition) is 2. The monoisotopic (exact) mass is 394 g/mol. The molecule has 0 aliphatic carbocycles. The van der Waals surface area contributed by atoms with Gasteiger partial charge in [-0.05, 0) is 55.8 Å². The van der Waals surface area contributed by atoms with Crippen molar-refractivity contribution in [3.05, 3.63) is 59.4 Å². The van der Waals surface area contributed by atoms with Crippen molar-refractivity contribution in [3.63, 3.8) is 0 Å². The number of aryl methyl sites for hydroxylation is 1. The van der Waals surface area contributed by atoms with E-state index in [1.54, 1.807) is 6.92 Å². The molecule has 0 aliphatic heterocycles. The van der Waals surface area contributed by atoms with Crippen molar-refractivity contribution in [2.24, 2.45) is 0 Å². The van der Waals surface area contributed by atoms with Crippen LogP contribution in [0.2, 0.25) is 0 Å². The molecular weight excluding hydrogens is 375 g/mol. The standard InChI is InChI=1S/C18H19FN2O5S/c1-11-4-9-15(10-16(11)18(23)26-12(2)17(22)20-3)27(24,25)21-14-7-5-13(19)6-8-14/h4-10,12,21H,1-3H3,(H,20,22)/t12-/m1/s1. The highest BCUT2D eigenvalue weighted by Crippen LogP contribution is 2.20. The number of carbonyl (C=O) groups excluding carboxylic acids is 2. The van der Waals surface area contributed by atoms with Gasteiger partial charge >= 0.3 is 5.97 Å². The third kappa shape index (κ3) is 5.04. The Morgan fingerprint density at radius 2 is 1.74 bits per heavy atom. The zero-order valence-electron chi connectivity index (χ0n) is 14.9. The van der Waals surface area contributed by atoms with E-state index >= 15 is 0 Å². The van der Waals surface area contributed by atoms with Gasteiger partial charge in [-0.2, -0.15) is 0 Å². The smallest absolute Gasteiger partial charge is 0.339 e. The van der Waals surface area contributed by atoms with Crippen LogP contribution in [0.5, 0.6) is 0 Å². The fourth-order valence-corrected chi connectivity index (χ4v) is 3.29. The summed E-state index contributed by atoms with van der Waals surface area (Å²) in [5, 5.41) is 2.35. The molecule has 0 spiro atoms. The molecule has 2 aromatic carbocycles. The van der Waals surface area contributed by atoms with Crippen LogP contribution in [0.1, 0.15) is 22.8 Å². The van der Waals surface area contributed by atoms with Crippen molar-refractivity contribution in [1.29, 1.82) is 0 Å². The number of esters is 1. The summed E-state index contributed by atoms with van der Waals surface area (Å²) >= 11 is 0. The number of hydrogen-bond acceptors (Lipinski definition) is 5. The second-order valence-electron chi connectivity index (χ2n) is 5.75. The molecule has 0 heterocycles. The quantitative estimate of drug-likeness (QED) is 0.732. The maximum atomic E-state index is 13.0. The van der Waals surface area contributed by atoms with Gasteiger partial charge in [-0.25, -0.2) is 17.6 Å². The van der Waals surface area contributed by atoms with Crippen molar-refractivity contribution in [3.8, 4) is 0 Å². The lowest BCUT2D eigenvalue weighted by Gasteiger charge is -2.14. The topological polar surface area (TPSA) is 102 Å².